The number of esters is 2. The lowest BCUT2D eigenvalue weighted by Crippen LogP contribution is -2.29. The number of carbonyl (C=O) groups excluding carboxylic acids is 2. The first-order valence-corrected chi connectivity index (χ1v) is 18.3. The van der Waals surface area contributed by atoms with Gasteiger partial charge in [0.1, 0.15) is 6.61 Å². The van der Waals surface area contributed by atoms with E-state index in [4.69, 9.17) is 19.3 Å². The molecule has 0 aliphatic carbocycles. The van der Waals surface area contributed by atoms with E-state index in [2.05, 4.69) is 54.8 Å². The van der Waals surface area contributed by atoms with E-state index in [1.54, 1.807) is 0 Å². The van der Waals surface area contributed by atoms with E-state index in [0.717, 1.165) is 51.4 Å². The Kier molecular flexibility index (Phi) is 29.1. The molecule has 0 spiro atoms. The highest BCUT2D eigenvalue weighted by Crippen LogP contribution is 2.35. The molecule has 0 aromatic heterocycles. The number of unbranched alkanes of at least 4 members (excludes halogenated alkanes) is 14. The second-order valence-corrected chi connectivity index (χ2v) is 12.4. The molecule has 0 aromatic carbocycles. The van der Waals surface area contributed by atoms with Crippen LogP contribution >= 0.6 is 7.82 Å². The van der Waals surface area contributed by atoms with Gasteiger partial charge in [0.2, 0.25) is 0 Å². The Hall–Kier alpha value is -1.73. The van der Waals surface area contributed by atoms with Gasteiger partial charge in [0, 0.05) is 12.8 Å². The largest absolute Gasteiger partial charge is 0.469 e. The normalized spacial score (nSPS) is 12.9. The molecule has 0 rings (SSSR count). The molecule has 0 unspecified atom stereocenters. The first kappa shape index (κ1) is 41.3. The molecule has 0 heterocycles. The number of ether oxygens (including phenoxy) is 2. The van der Waals surface area contributed by atoms with Gasteiger partial charge in [-0.2, -0.15) is 0 Å². The molecule has 0 aliphatic rings. The van der Waals surface area contributed by atoms with Crippen LogP contribution in [0.5, 0.6) is 0 Å². The van der Waals surface area contributed by atoms with Crippen LogP contribution in [0.25, 0.3) is 0 Å². The van der Waals surface area contributed by atoms with E-state index in [9.17, 15) is 14.2 Å². The minimum absolute atomic E-state index is 0.205. The molecule has 2 N–H and O–H groups in total. The Morgan fingerprint density at radius 1 is 0.605 bits per heavy atom. The van der Waals surface area contributed by atoms with Gasteiger partial charge in [-0.15, -0.1) is 0 Å². The van der Waals surface area contributed by atoms with Crippen LogP contribution in [-0.2, 0) is 28.2 Å². The van der Waals surface area contributed by atoms with E-state index >= 15 is 0 Å². The average molecular weight is 629 g/mol. The highest BCUT2D eigenvalue weighted by Gasteiger charge is 2.22. The Labute approximate surface area is 262 Å². The third kappa shape index (κ3) is 33.0. The number of rotatable bonds is 30. The number of phosphoric ester groups is 1. The maximum absolute atomic E-state index is 12.3. The molecule has 0 aromatic rings. The second-order valence-electron chi connectivity index (χ2n) is 11.1. The van der Waals surface area contributed by atoms with Crippen molar-refractivity contribution in [3.63, 3.8) is 0 Å². The summed E-state index contributed by atoms with van der Waals surface area (Å²) in [6, 6.07) is 0. The zero-order valence-corrected chi connectivity index (χ0v) is 28.0. The fourth-order valence-corrected chi connectivity index (χ4v) is 4.74. The fourth-order valence-electron chi connectivity index (χ4n) is 4.38. The summed E-state index contributed by atoms with van der Waals surface area (Å²) in [4.78, 5) is 42.4. The highest BCUT2D eigenvalue weighted by atomic mass is 31.2. The monoisotopic (exact) mass is 628 g/mol. The van der Waals surface area contributed by atoms with Crippen LogP contribution in [-0.4, -0.2) is 41.0 Å². The third-order valence-corrected chi connectivity index (χ3v) is 7.40. The molecule has 0 saturated heterocycles. The molecule has 250 valence electrons. The van der Waals surface area contributed by atoms with Crippen molar-refractivity contribution in [2.45, 2.75) is 155 Å². The molecule has 0 amide bonds. The predicted molar refractivity (Wildman–Crippen MR) is 175 cm³/mol. The minimum atomic E-state index is -4.75. The predicted octanol–water partition coefficient (Wildman–Crippen LogP) is 9.45. The van der Waals surface area contributed by atoms with Gasteiger partial charge in [-0.05, 0) is 51.4 Å². The summed E-state index contributed by atoms with van der Waals surface area (Å²) < 4.78 is 26.1. The van der Waals surface area contributed by atoms with E-state index in [0.29, 0.717) is 12.8 Å². The Morgan fingerprint density at radius 3 is 1.60 bits per heavy atom. The minimum Gasteiger partial charge on any atom is -0.462 e. The van der Waals surface area contributed by atoms with Crippen LogP contribution in [0.3, 0.4) is 0 Å². The fraction of sp³-hybridized carbons (Fsp3) is 0.765. The van der Waals surface area contributed by atoms with Crippen molar-refractivity contribution in [1.82, 2.24) is 0 Å². The van der Waals surface area contributed by atoms with Crippen molar-refractivity contribution in [3.05, 3.63) is 36.5 Å². The van der Waals surface area contributed by atoms with Gasteiger partial charge < -0.3 is 19.3 Å². The van der Waals surface area contributed by atoms with Crippen molar-refractivity contribution in [2.24, 2.45) is 0 Å². The van der Waals surface area contributed by atoms with Crippen LogP contribution in [0.2, 0.25) is 0 Å². The molecule has 0 fully saturated rings. The van der Waals surface area contributed by atoms with Gasteiger partial charge in [0.05, 0.1) is 6.61 Å². The van der Waals surface area contributed by atoms with Gasteiger partial charge in [-0.3, -0.25) is 14.1 Å². The molecule has 0 bridgehead atoms. The summed E-state index contributed by atoms with van der Waals surface area (Å²) in [6.07, 6.45) is 33.0. The topological polar surface area (TPSA) is 119 Å². The molecule has 0 saturated carbocycles. The van der Waals surface area contributed by atoms with Gasteiger partial charge in [0.25, 0.3) is 0 Å². The number of carbonyl (C=O) groups is 2. The molecular formula is C34H61O8P. The smallest absolute Gasteiger partial charge is 0.462 e. The summed E-state index contributed by atoms with van der Waals surface area (Å²) in [7, 11) is -4.75. The van der Waals surface area contributed by atoms with Crippen molar-refractivity contribution in [3.8, 4) is 0 Å². The summed E-state index contributed by atoms with van der Waals surface area (Å²) >= 11 is 0. The standard InChI is InChI=1S/C34H61O8P/c1-3-5-7-9-11-13-15-16-17-18-19-21-22-24-26-28-33(35)40-30-32(31-41-43(37,38)39)42-34(36)29-27-25-23-20-14-12-10-8-6-4-2/h11,13,16-17,19,21,32H,3-10,12,14-15,18,20,22-31H2,1-2H3,(H2,37,38,39)/b13-11+,17-16+,21-19+/t32-/m1/s1. The van der Waals surface area contributed by atoms with Crippen molar-refractivity contribution in [2.75, 3.05) is 13.2 Å². The quantitative estimate of drug-likeness (QED) is 0.0349. The molecule has 43 heavy (non-hydrogen) atoms. The van der Waals surface area contributed by atoms with Crippen molar-refractivity contribution >= 4 is 19.8 Å². The second kappa shape index (κ2) is 30.3. The molecule has 0 radical (unpaired) electrons. The number of phosphoric acid groups is 1. The van der Waals surface area contributed by atoms with E-state index < -0.39 is 32.5 Å². The summed E-state index contributed by atoms with van der Waals surface area (Å²) in [5.74, 6) is -0.933. The SMILES string of the molecule is CCCCC/C=C/C/C=C/C/C=C/CCCCC(=O)OC[C@H](COP(=O)(O)O)OC(=O)CCCCCCCCCCCC. The Balaban J connectivity index is 4.09. The lowest BCUT2D eigenvalue weighted by atomic mass is 10.1. The van der Waals surface area contributed by atoms with Crippen LogP contribution < -0.4 is 0 Å². The number of hydrogen-bond acceptors (Lipinski definition) is 6. The summed E-state index contributed by atoms with van der Waals surface area (Å²) in [5.41, 5.74) is 0. The van der Waals surface area contributed by atoms with E-state index in [1.807, 2.05) is 0 Å². The zero-order valence-electron chi connectivity index (χ0n) is 27.1. The van der Waals surface area contributed by atoms with Crippen LogP contribution in [0.4, 0.5) is 0 Å². The van der Waals surface area contributed by atoms with Crippen LogP contribution in [0.1, 0.15) is 149 Å². The molecular weight excluding hydrogens is 567 g/mol. The first-order valence-electron chi connectivity index (χ1n) is 16.8. The molecule has 8 nitrogen and oxygen atoms in total. The molecule has 9 heteroatoms. The maximum atomic E-state index is 12.3. The summed E-state index contributed by atoms with van der Waals surface area (Å²) in [5, 5.41) is 0. The third-order valence-electron chi connectivity index (χ3n) is 6.91. The van der Waals surface area contributed by atoms with Gasteiger partial charge in [-0.1, -0.05) is 121 Å². The van der Waals surface area contributed by atoms with Gasteiger partial charge >= 0.3 is 19.8 Å². The van der Waals surface area contributed by atoms with Gasteiger partial charge in [-0.25, -0.2) is 4.57 Å². The number of hydrogen-bond donors (Lipinski definition) is 2. The van der Waals surface area contributed by atoms with Gasteiger partial charge in [0.15, 0.2) is 6.10 Å². The van der Waals surface area contributed by atoms with Crippen LogP contribution in [0, 0.1) is 0 Å². The average Bonchev–Trinajstić information content (AvgIpc) is 2.97. The maximum Gasteiger partial charge on any atom is 0.469 e. The highest BCUT2D eigenvalue weighted by molar-refractivity contribution is 7.46. The lowest BCUT2D eigenvalue weighted by Gasteiger charge is -2.18. The molecule has 1 atom stereocenters. The van der Waals surface area contributed by atoms with Crippen molar-refractivity contribution < 1.29 is 37.9 Å². The van der Waals surface area contributed by atoms with Crippen LogP contribution in [0.15, 0.2) is 36.5 Å². The zero-order chi connectivity index (χ0) is 31.9. The van der Waals surface area contributed by atoms with Crippen molar-refractivity contribution in [1.29, 1.82) is 0 Å². The Bertz CT molecular complexity index is 802. The Morgan fingerprint density at radius 2 is 1.05 bits per heavy atom. The lowest BCUT2D eigenvalue weighted by molar-refractivity contribution is -0.161. The summed E-state index contributed by atoms with van der Waals surface area (Å²) in [6.45, 7) is 3.58. The molecule has 0 aliphatic heterocycles. The number of allylic oxidation sites excluding steroid dienone is 6. The first-order chi connectivity index (χ1) is 20.8. The van der Waals surface area contributed by atoms with E-state index in [-0.39, 0.29) is 19.4 Å². The van der Waals surface area contributed by atoms with E-state index in [1.165, 1.54) is 57.8 Å².